The number of aliphatic carboxylic acids is 1. The zero-order chi connectivity index (χ0) is 13.2. The lowest BCUT2D eigenvalue weighted by molar-refractivity contribution is -0.143. The summed E-state index contributed by atoms with van der Waals surface area (Å²) < 4.78 is 0. The molecule has 1 aliphatic rings. The molecule has 1 fully saturated rings. The highest BCUT2D eigenvalue weighted by atomic mass is 32.2. The van der Waals surface area contributed by atoms with Gasteiger partial charge in [-0.2, -0.15) is 11.8 Å². The number of carbonyl (C=O) groups excluding carboxylic acids is 1. The maximum atomic E-state index is 11.9. The van der Waals surface area contributed by atoms with Crippen LogP contribution in [0.1, 0.15) is 16.8 Å². The summed E-state index contributed by atoms with van der Waals surface area (Å²) in [6, 6.07) is 2.58. The quantitative estimate of drug-likeness (QED) is 0.720. The van der Waals surface area contributed by atoms with E-state index in [0.29, 0.717) is 17.9 Å². The Bertz CT molecular complexity index is 534. The van der Waals surface area contributed by atoms with E-state index in [9.17, 15) is 19.5 Å². The van der Waals surface area contributed by atoms with E-state index in [0.717, 1.165) is 6.07 Å². The lowest BCUT2D eigenvalue weighted by Gasteiger charge is -2.24. The van der Waals surface area contributed by atoms with Crippen LogP contribution in [0.4, 0.5) is 0 Å². The first-order valence-corrected chi connectivity index (χ1v) is 6.51. The maximum absolute atomic E-state index is 11.9. The summed E-state index contributed by atoms with van der Waals surface area (Å²) in [6.45, 7) is 0. The number of aromatic amines is 1. The standard InChI is InChI=1S/C11H12N2O4S/c14-8-5-7(1-3-12-8)9(15)13-11(10(16)17)2-4-18-6-11/h1,3,5H,2,4,6H2,(H,12,14)(H,13,15)(H,16,17). The van der Waals surface area contributed by atoms with Gasteiger partial charge in [0.15, 0.2) is 0 Å². The Kier molecular flexibility index (Phi) is 3.42. The molecule has 0 radical (unpaired) electrons. The molecule has 1 atom stereocenters. The van der Waals surface area contributed by atoms with Crippen LogP contribution in [-0.2, 0) is 4.79 Å². The number of pyridine rings is 1. The highest BCUT2D eigenvalue weighted by molar-refractivity contribution is 7.99. The highest BCUT2D eigenvalue weighted by Crippen LogP contribution is 2.28. The predicted molar refractivity (Wildman–Crippen MR) is 66.8 cm³/mol. The Labute approximate surface area is 107 Å². The molecule has 0 spiro atoms. The maximum Gasteiger partial charge on any atom is 0.330 e. The average molecular weight is 268 g/mol. The van der Waals surface area contributed by atoms with Gasteiger partial charge in [-0.05, 0) is 18.2 Å². The Morgan fingerprint density at radius 1 is 1.50 bits per heavy atom. The summed E-state index contributed by atoms with van der Waals surface area (Å²) in [4.78, 5) is 36.7. The molecule has 96 valence electrons. The normalized spacial score (nSPS) is 22.7. The van der Waals surface area contributed by atoms with Crippen molar-refractivity contribution in [2.75, 3.05) is 11.5 Å². The Hall–Kier alpha value is -1.76. The van der Waals surface area contributed by atoms with Crippen LogP contribution in [-0.4, -0.2) is 39.0 Å². The minimum atomic E-state index is -1.22. The third-order valence-corrected chi connectivity index (χ3v) is 4.01. The molecule has 2 rings (SSSR count). The molecular weight excluding hydrogens is 256 g/mol. The van der Waals surface area contributed by atoms with E-state index in [4.69, 9.17) is 0 Å². The summed E-state index contributed by atoms with van der Waals surface area (Å²) in [5.41, 5.74) is -1.45. The first-order chi connectivity index (χ1) is 8.53. The van der Waals surface area contributed by atoms with Crippen molar-refractivity contribution in [3.63, 3.8) is 0 Å². The summed E-state index contributed by atoms with van der Waals surface area (Å²) in [5.74, 6) is -0.532. The molecule has 18 heavy (non-hydrogen) atoms. The molecule has 2 heterocycles. The van der Waals surface area contributed by atoms with Crippen molar-refractivity contribution < 1.29 is 14.7 Å². The molecule has 1 saturated heterocycles. The number of rotatable bonds is 3. The summed E-state index contributed by atoms with van der Waals surface area (Å²) in [7, 11) is 0. The van der Waals surface area contributed by atoms with Crippen LogP contribution in [0.3, 0.4) is 0 Å². The monoisotopic (exact) mass is 268 g/mol. The minimum absolute atomic E-state index is 0.163. The number of carboxylic acids is 1. The van der Waals surface area contributed by atoms with Gasteiger partial charge in [0.2, 0.25) is 5.56 Å². The van der Waals surface area contributed by atoms with Gasteiger partial charge in [-0.3, -0.25) is 9.59 Å². The molecule has 6 nitrogen and oxygen atoms in total. The summed E-state index contributed by atoms with van der Waals surface area (Å²) >= 11 is 1.49. The minimum Gasteiger partial charge on any atom is -0.479 e. The highest BCUT2D eigenvalue weighted by Gasteiger charge is 2.43. The lowest BCUT2D eigenvalue weighted by atomic mass is 9.98. The van der Waals surface area contributed by atoms with Gasteiger partial charge in [0.25, 0.3) is 5.91 Å². The number of nitrogens with one attached hydrogen (secondary N) is 2. The van der Waals surface area contributed by atoms with Crippen molar-refractivity contribution in [2.45, 2.75) is 12.0 Å². The van der Waals surface area contributed by atoms with E-state index in [-0.39, 0.29) is 5.56 Å². The van der Waals surface area contributed by atoms with Gasteiger partial charge >= 0.3 is 5.97 Å². The van der Waals surface area contributed by atoms with Crippen molar-refractivity contribution >= 4 is 23.6 Å². The molecule has 3 N–H and O–H groups in total. The molecule has 1 aliphatic heterocycles. The Balaban J connectivity index is 2.20. The van der Waals surface area contributed by atoms with Crippen molar-refractivity contribution in [1.82, 2.24) is 10.3 Å². The number of H-pyrrole nitrogens is 1. The number of aromatic nitrogens is 1. The average Bonchev–Trinajstić information content (AvgIpc) is 2.79. The predicted octanol–water partition coefficient (Wildman–Crippen LogP) is 0.0650. The van der Waals surface area contributed by atoms with E-state index < -0.39 is 23.0 Å². The van der Waals surface area contributed by atoms with Crippen molar-refractivity contribution in [3.05, 3.63) is 34.2 Å². The lowest BCUT2D eigenvalue weighted by Crippen LogP contribution is -2.54. The molecule has 1 unspecified atom stereocenters. The van der Waals surface area contributed by atoms with Crippen molar-refractivity contribution in [1.29, 1.82) is 0 Å². The number of thioether (sulfide) groups is 1. The molecule has 0 aromatic carbocycles. The largest absolute Gasteiger partial charge is 0.479 e. The van der Waals surface area contributed by atoms with E-state index in [1.165, 1.54) is 24.0 Å². The molecule has 0 aliphatic carbocycles. The van der Waals surface area contributed by atoms with E-state index in [2.05, 4.69) is 10.3 Å². The van der Waals surface area contributed by atoms with Gasteiger partial charge in [-0.15, -0.1) is 0 Å². The Morgan fingerprint density at radius 2 is 2.28 bits per heavy atom. The van der Waals surface area contributed by atoms with Gasteiger partial charge in [0, 0.05) is 23.6 Å². The van der Waals surface area contributed by atoms with Gasteiger partial charge in [0.1, 0.15) is 5.54 Å². The van der Waals surface area contributed by atoms with Crippen LogP contribution in [0.15, 0.2) is 23.1 Å². The van der Waals surface area contributed by atoms with Crippen LogP contribution >= 0.6 is 11.8 Å². The Morgan fingerprint density at radius 3 is 2.83 bits per heavy atom. The third-order valence-electron chi connectivity index (χ3n) is 2.82. The van der Waals surface area contributed by atoms with Crippen molar-refractivity contribution in [2.24, 2.45) is 0 Å². The van der Waals surface area contributed by atoms with Crippen molar-refractivity contribution in [3.8, 4) is 0 Å². The van der Waals surface area contributed by atoms with E-state index >= 15 is 0 Å². The van der Waals surface area contributed by atoms with Gasteiger partial charge in [-0.1, -0.05) is 0 Å². The fraction of sp³-hybridized carbons (Fsp3) is 0.364. The van der Waals surface area contributed by atoms with Crippen LogP contribution in [0.25, 0.3) is 0 Å². The zero-order valence-corrected chi connectivity index (χ0v) is 10.3. The second-order valence-electron chi connectivity index (χ2n) is 4.09. The van der Waals surface area contributed by atoms with Crippen LogP contribution < -0.4 is 10.9 Å². The zero-order valence-electron chi connectivity index (χ0n) is 9.43. The summed E-state index contributed by atoms with van der Waals surface area (Å²) in [5, 5.41) is 11.7. The number of hydrogen-bond acceptors (Lipinski definition) is 4. The molecule has 0 saturated carbocycles. The second kappa shape index (κ2) is 4.85. The second-order valence-corrected chi connectivity index (χ2v) is 5.19. The molecule has 0 bridgehead atoms. The molecular formula is C11H12N2O4S. The molecule has 7 heteroatoms. The van der Waals surface area contributed by atoms with Crippen LogP contribution in [0.5, 0.6) is 0 Å². The van der Waals surface area contributed by atoms with Gasteiger partial charge in [0.05, 0.1) is 0 Å². The smallest absolute Gasteiger partial charge is 0.330 e. The van der Waals surface area contributed by atoms with E-state index in [1.54, 1.807) is 0 Å². The van der Waals surface area contributed by atoms with Gasteiger partial charge < -0.3 is 15.4 Å². The number of amides is 1. The van der Waals surface area contributed by atoms with E-state index in [1.807, 2.05) is 0 Å². The fourth-order valence-electron chi connectivity index (χ4n) is 1.76. The third kappa shape index (κ3) is 2.40. The molecule has 1 aromatic heterocycles. The number of carboxylic acid groups (broad SMARTS) is 1. The number of hydrogen-bond donors (Lipinski definition) is 3. The van der Waals surface area contributed by atoms with Gasteiger partial charge in [-0.25, -0.2) is 4.79 Å². The first kappa shape index (κ1) is 12.7. The summed E-state index contributed by atoms with van der Waals surface area (Å²) in [6.07, 6.45) is 1.75. The first-order valence-electron chi connectivity index (χ1n) is 5.36. The fourth-order valence-corrected chi connectivity index (χ4v) is 3.09. The topological polar surface area (TPSA) is 99.3 Å². The SMILES string of the molecule is O=C(NC1(C(=O)O)CCSC1)c1cc[nH]c(=O)c1. The van der Waals surface area contributed by atoms with Crippen LogP contribution in [0, 0.1) is 0 Å². The number of carbonyl (C=O) groups is 2. The molecule has 1 aromatic rings. The molecule has 1 amide bonds. The van der Waals surface area contributed by atoms with Crippen LogP contribution in [0.2, 0.25) is 0 Å².